The lowest BCUT2D eigenvalue weighted by Gasteiger charge is -2.12. The van der Waals surface area contributed by atoms with Crippen LogP contribution in [0.25, 0.3) is 0 Å². The molecule has 0 aliphatic carbocycles. The average molecular weight is 177 g/mol. The summed E-state index contributed by atoms with van der Waals surface area (Å²) in [5, 5.41) is 3.33. The number of hydrogen-bond donors (Lipinski definition) is 1. The molecular weight excluding hydrogens is 162 g/mol. The van der Waals surface area contributed by atoms with Crippen LogP contribution < -0.4 is 5.32 Å². The molecule has 0 fully saturated rings. The normalized spacial score (nSPS) is 12.2. The van der Waals surface area contributed by atoms with E-state index < -0.39 is 0 Å². The average Bonchev–Trinajstić information content (AvgIpc) is 2.19. The third kappa shape index (κ3) is 2.90. The predicted octanol–water partition coefficient (Wildman–Crippen LogP) is 2.71. The highest BCUT2D eigenvalue weighted by Gasteiger charge is 1.97. The van der Waals surface area contributed by atoms with E-state index in [1.807, 2.05) is 24.3 Å². The molecule has 0 aliphatic heterocycles. The van der Waals surface area contributed by atoms with Crippen LogP contribution in [0, 0.1) is 0 Å². The van der Waals surface area contributed by atoms with Crippen molar-refractivity contribution in [1.82, 2.24) is 0 Å². The first-order valence-corrected chi connectivity index (χ1v) is 4.58. The minimum atomic E-state index is 0.474. The second kappa shape index (κ2) is 4.65. The summed E-state index contributed by atoms with van der Waals surface area (Å²) < 4.78 is 0. The van der Waals surface area contributed by atoms with Crippen LogP contribution in [0.1, 0.15) is 30.6 Å². The quantitative estimate of drug-likeness (QED) is 0.716. The van der Waals surface area contributed by atoms with Gasteiger partial charge in [0.1, 0.15) is 6.29 Å². The molecule has 0 heterocycles. The van der Waals surface area contributed by atoms with E-state index in [1.54, 1.807) is 0 Å². The van der Waals surface area contributed by atoms with Crippen molar-refractivity contribution in [1.29, 1.82) is 0 Å². The van der Waals surface area contributed by atoms with Gasteiger partial charge < -0.3 is 5.32 Å². The zero-order valence-electron chi connectivity index (χ0n) is 8.08. The second-order valence-electron chi connectivity index (χ2n) is 3.19. The maximum atomic E-state index is 10.4. The third-order valence-corrected chi connectivity index (χ3v) is 2.07. The summed E-state index contributed by atoms with van der Waals surface area (Å²) in [4.78, 5) is 10.4. The van der Waals surface area contributed by atoms with Crippen LogP contribution >= 0.6 is 0 Å². The highest BCUT2D eigenvalue weighted by molar-refractivity contribution is 5.75. The molecule has 1 atom stereocenters. The summed E-state index contributed by atoms with van der Waals surface area (Å²) in [6.07, 6.45) is 1.95. The third-order valence-electron chi connectivity index (χ3n) is 2.07. The van der Waals surface area contributed by atoms with Crippen LogP contribution in [0.15, 0.2) is 24.3 Å². The van der Waals surface area contributed by atoms with E-state index in [1.165, 1.54) is 0 Å². The fraction of sp³-hybridized carbons (Fsp3) is 0.364. The van der Waals surface area contributed by atoms with Crippen LogP contribution in [-0.2, 0) is 0 Å². The molecule has 2 heteroatoms. The van der Waals surface area contributed by atoms with Gasteiger partial charge in [-0.05, 0) is 37.6 Å². The van der Waals surface area contributed by atoms with Gasteiger partial charge in [0.2, 0.25) is 0 Å². The second-order valence-corrected chi connectivity index (χ2v) is 3.19. The predicted molar refractivity (Wildman–Crippen MR) is 55.2 cm³/mol. The molecule has 1 rings (SSSR count). The van der Waals surface area contributed by atoms with Crippen molar-refractivity contribution in [2.45, 2.75) is 26.3 Å². The molecule has 0 aliphatic rings. The van der Waals surface area contributed by atoms with Gasteiger partial charge in [-0.1, -0.05) is 6.92 Å². The molecule has 0 bridgehead atoms. The van der Waals surface area contributed by atoms with E-state index in [2.05, 4.69) is 19.2 Å². The molecule has 0 amide bonds. The lowest BCUT2D eigenvalue weighted by molar-refractivity contribution is 0.112. The van der Waals surface area contributed by atoms with E-state index in [4.69, 9.17) is 0 Å². The van der Waals surface area contributed by atoms with Gasteiger partial charge in [0.25, 0.3) is 0 Å². The molecule has 1 aromatic rings. The van der Waals surface area contributed by atoms with E-state index in [0.717, 1.165) is 24.0 Å². The molecule has 0 spiro atoms. The van der Waals surface area contributed by atoms with Gasteiger partial charge in [0.15, 0.2) is 0 Å². The van der Waals surface area contributed by atoms with E-state index in [-0.39, 0.29) is 0 Å². The summed E-state index contributed by atoms with van der Waals surface area (Å²) in [6.45, 7) is 4.27. The highest BCUT2D eigenvalue weighted by atomic mass is 16.1. The maximum Gasteiger partial charge on any atom is 0.150 e. The van der Waals surface area contributed by atoms with Crippen molar-refractivity contribution in [2.24, 2.45) is 0 Å². The first-order valence-electron chi connectivity index (χ1n) is 4.58. The minimum absolute atomic E-state index is 0.474. The number of benzene rings is 1. The van der Waals surface area contributed by atoms with Crippen LogP contribution in [0.4, 0.5) is 5.69 Å². The van der Waals surface area contributed by atoms with Crippen molar-refractivity contribution in [3.8, 4) is 0 Å². The number of anilines is 1. The first kappa shape index (κ1) is 9.78. The number of carbonyl (C=O) groups excluding carboxylic acids is 1. The Kier molecular flexibility index (Phi) is 3.50. The summed E-state index contributed by atoms with van der Waals surface area (Å²) in [5.41, 5.74) is 1.79. The van der Waals surface area contributed by atoms with Crippen LogP contribution in [0.2, 0.25) is 0 Å². The number of aldehydes is 1. The highest BCUT2D eigenvalue weighted by Crippen LogP contribution is 2.10. The largest absolute Gasteiger partial charge is 0.383 e. The summed E-state index contributed by atoms with van der Waals surface area (Å²) >= 11 is 0. The molecule has 1 unspecified atom stereocenters. The Hall–Kier alpha value is -1.31. The van der Waals surface area contributed by atoms with Crippen molar-refractivity contribution >= 4 is 12.0 Å². The Morgan fingerprint density at radius 2 is 2.00 bits per heavy atom. The number of rotatable bonds is 4. The van der Waals surface area contributed by atoms with Crippen LogP contribution in [-0.4, -0.2) is 12.3 Å². The topological polar surface area (TPSA) is 29.1 Å². The molecule has 0 radical (unpaired) electrons. The Balaban J connectivity index is 2.63. The Labute approximate surface area is 79.0 Å². The van der Waals surface area contributed by atoms with Gasteiger partial charge in [-0.3, -0.25) is 4.79 Å². The fourth-order valence-electron chi connectivity index (χ4n) is 1.04. The van der Waals surface area contributed by atoms with Crippen LogP contribution in [0.3, 0.4) is 0 Å². The molecule has 1 N–H and O–H groups in total. The zero-order chi connectivity index (χ0) is 9.68. The number of hydrogen-bond acceptors (Lipinski definition) is 2. The smallest absolute Gasteiger partial charge is 0.150 e. The standard InChI is InChI=1S/C11H15NO/c1-3-9(2)12-11-6-4-10(8-13)5-7-11/h4-9,12H,3H2,1-2H3. The monoisotopic (exact) mass is 177 g/mol. The molecule has 13 heavy (non-hydrogen) atoms. The maximum absolute atomic E-state index is 10.4. The van der Waals surface area contributed by atoms with Crippen LogP contribution in [0.5, 0.6) is 0 Å². The van der Waals surface area contributed by atoms with Crippen molar-refractivity contribution < 1.29 is 4.79 Å². The van der Waals surface area contributed by atoms with Gasteiger partial charge in [0.05, 0.1) is 0 Å². The Bertz CT molecular complexity index is 266. The van der Waals surface area contributed by atoms with Crippen molar-refractivity contribution in [2.75, 3.05) is 5.32 Å². The summed E-state index contributed by atoms with van der Waals surface area (Å²) in [6, 6.07) is 7.96. The van der Waals surface area contributed by atoms with E-state index in [0.29, 0.717) is 6.04 Å². The van der Waals surface area contributed by atoms with Gasteiger partial charge in [-0.25, -0.2) is 0 Å². The molecule has 2 nitrogen and oxygen atoms in total. The molecule has 0 saturated carbocycles. The molecule has 1 aromatic carbocycles. The Morgan fingerprint density at radius 3 is 2.46 bits per heavy atom. The molecular formula is C11H15NO. The first-order chi connectivity index (χ1) is 6.26. The lowest BCUT2D eigenvalue weighted by Crippen LogP contribution is -2.13. The molecule has 0 saturated heterocycles. The fourth-order valence-corrected chi connectivity index (χ4v) is 1.04. The van der Waals surface area contributed by atoms with Crippen molar-refractivity contribution in [3.63, 3.8) is 0 Å². The van der Waals surface area contributed by atoms with Gasteiger partial charge >= 0.3 is 0 Å². The summed E-state index contributed by atoms with van der Waals surface area (Å²) in [5.74, 6) is 0. The van der Waals surface area contributed by atoms with Gasteiger partial charge in [-0.2, -0.15) is 0 Å². The lowest BCUT2D eigenvalue weighted by atomic mass is 10.2. The van der Waals surface area contributed by atoms with E-state index in [9.17, 15) is 4.79 Å². The summed E-state index contributed by atoms with van der Waals surface area (Å²) in [7, 11) is 0. The SMILES string of the molecule is CCC(C)Nc1ccc(C=O)cc1. The number of carbonyl (C=O) groups is 1. The zero-order valence-corrected chi connectivity index (χ0v) is 8.08. The van der Waals surface area contributed by atoms with E-state index >= 15 is 0 Å². The minimum Gasteiger partial charge on any atom is -0.383 e. The van der Waals surface area contributed by atoms with Gasteiger partial charge in [-0.15, -0.1) is 0 Å². The Morgan fingerprint density at radius 1 is 1.38 bits per heavy atom. The molecule has 70 valence electrons. The van der Waals surface area contributed by atoms with Crippen molar-refractivity contribution in [3.05, 3.63) is 29.8 Å². The number of nitrogens with one attached hydrogen (secondary N) is 1. The molecule has 0 aromatic heterocycles. The van der Waals surface area contributed by atoms with Gasteiger partial charge in [0, 0.05) is 17.3 Å².